The molecule has 0 spiro atoms. The van der Waals surface area contributed by atoms with Gasteiger partial charge in [-0.3, -0.25) is 4.79 Å². The van der Waals surface area contributed by atoms with Crippen molar-refractivity contribution in [3.63, 3.8) is 0 Å². The molecule has 0 aromatic heterocycles. The third-order valence-electron chi connectivity index (χ3n) is 2.75. The van der Waals surface area contributed by atoms with Gasteiger partial charge in [0.2, 0.25) is 0 Å². The molecule has 6 heteroatoms. The fraction of sp³-hybridized carbons (Fsp3) is 0.400. The molecule has 112 valence electrons. The lowest BCUT2D eigenvalue weighted by Crippen LogP contribution is -2.09. The number of thioether (sulfide) groups is 1. The van der Waals surface area contributed by atoms with Gasteiger partial charge in [-0.05, 0) is 39.0 Å². The molecule has 2 rings (SSSR count). The molecule has 2 N–H and O–H groups in total. The summed E-state index contributed by atoms with van der Waals surface area (Å²) in [7, 11) is 0. The van der Waals surface area contributed by atoms with E-state index in [1.165, 1.54) is 11.8 Å². The fourth-order valence-corrected chi connectivity index (χ4v) is 2.55. The highest BCUT2D eigenvalue weighted by Crippen LogP contribution is 2.26. The first-order valence-corrected chi connectivity index (χ1v) is 7.76. The second kappa shape index (κ2) is 6.76. The Labute approximate surface area is 128 Å². The van der Waals surface area contributed by atoms with Crippen molar-refractivity contribution >= 4 is 34.0 Å². The second-order valence-electron chi connectivity index (χ2n) is 5.13. The maximum Gasteiger partial charge on any atom is 0.142 e. The van der Waals surface area contributed by atoms with Gasteiger partial charge in [0.25, 0.3) is 0 Å². The number of nitrogens with two attached hydrogens (primary N) is 1. The maximum absolute atomic E-state index is 11.0. The smallest absolute Gasteiger partial charge is 0.142 e. The van der Waals surface area contributed by atoms with Crippen molar-refractivity contribution in [2.45, 2.75) is 33.3 Å². The monoisotopic (exact) mass is 305 g/mol. The minimum Gasteiger partial charge on any atom is -0.489 e. The van der Waals surface area contributed by atoms with Crippen molar-refractivity contribution in [2.75, 3.05) is 11.5 Å². The van der Waals surface area contributed by atoms with Crippen LogP contribution in [0.25, 0.3) is 0 Å². The Morgan fingerprint density at radius 2 is 2.19 bits per heavy atom. The molecule has 1 aliphatic rings. The minimum absolute atomic E-state index is 0.0832. The predicted molar refractivity (Wildman–Crippen MR) is 88.3 cm³/mol. The first kappa shape index (κ1) is 15.6. The summed E-state index contributed by atoms with van der Waals surface area (Å²) in [6, 6.07) is 5.64. The molecule has 21 heavy (non-hydrogen) atoms. The zero-order valence-electron chi connectivity index (χ0n) is 12.4. The lowest BCUT2D eigenvalue weighted by atomic mass is 10.1. The number of carbonyl (C=O) groups is 1. The number of nitrogen functional groups attached to an aromatic ring is 1. The fourth-order valence-electron chi connectivity index (χ4n) is 1.84. The molecule has 1 aromatic rings. The number of Topliss-reactive ketones (excluding diaryl/α,β-unsaturated/α-hetero) is 1. The Bertz CT molecular complexity index is 609. The molecule has 0 radical (unpaired) electrons. The Hall–Kier alpha value is -1.82. The van der Waals surface area contributed by atoms with E-state index < -0.39 is 0 Å². The minimum atomic E-state index is 0.0832. The van der Waals surface area contributed by atoms with Crippen LogP contribution in [-0.2, 0) is 4.79 Å². The van der Waals surface area contributed by atoms with Gasteiger partial charge in [0.05, 0.1) is 23.3 Å². The summed E-state index contributed by atoms with van der Waals surface area (Å²) in [6.07, 6.45) is 0.724. The number of carbonyl (C=O) groups excluding carboxylic acids is 1. The standard InChI is InChI=1S/C15H19N3O2S/c1-9(2)20-14-5-4-11(6-12(14)16)13-7-15(18-17-13)21-8-10(3)19/h4-6,9H,7-8,16H2,1-3H3. The molecule has 1 aromatic carbocycles. The van der Waals surface area contributed by atoms with Crippen molar-refractivity contribution in [1.29, 1.82) is 0 Å². The van der Waals surface area contributed by atoms with Crippen LogP contribution in [0.1, 0.15) is 32.8 Å². The van der Waals surface area contributed by atoms with Gasteiger partial charge in [0, 0.05) is 12.0 Å². The van der Waals surface area contributed by atoms with Crippen LogP contribution in [0.15, 0.2) is 28.4 Å². The van der Waals surface area contributed by atoms with Crippen LogP contribution in [0.5, 0.6) is 5.75 Å². The summed E-state index contributed by atoms with van der Waals surface area (Å²) < 4.78 is 5.61. The topological polar surface area (TPSA) is 77.0 Å². The molecule has 0 saturated heterocycles. The molecule has 1 heterocycles. The van der Waals surface area contributed by atoms with E-state index in [9.17, 15) is 4.79 Å². The Balaban J connectivity index is 2.01. The zero-order valence-corrected chi connectivity index (χ0v) is 13.2. The number of ether oxygens (including phenoxy) is 1. The molecule has 0 atom stereocenters. The predicted octanol–water partition coefficient (Wildman–Crippen LogP) is 2.88. The van der Waals surface area contributed by atoms with Gasteiger partial charge in [-0.1, -0.05) is 0 Å². The highest BCUT2D eigenvalue weighted by atomic mass is 32.2. The van der Waals surface area contributed by atoms with Gasteiger partial charge in [-0.15, -0.1) is 16.9 Å². The first-order chi connectivity index (χ1) is 9.95. The largest absolute Gasteiger partial charge is 0.489 e. The summed E-state index contributed by atoms with van der Waals surface area (Å²) in [5.41, 5.74) is 8.40. The molecule has 0 fully saturated rings. The van der Waals surface area contributed by atoms with Crippen molar-refractivity contribution < 1.29 is 9.53 Å². The summed E-state index contributed by atoms with van der Waals surface area (Å²) in [4.78, 5) is 11.0. The van der Waals surface area contributed by atoms with E-state index in [2.05, 4.69) is 10.2 Å². The summed E-state index contributed by atoms with van der Waals surface area (Å²) in [5.74, 6) is 1.25. The molecule has 0 unspecified atom stereocenters. The molecule has 5 nitrogen and oxygen atoms in total. The number of anilines is 1. The average molecular weight is 305 g/mol. The summed E-state index contributed by atoms with van der Waals surface area (Å²) in [5, 5.41) is 9.14. The van der Waals surface area contributed by atoms with E-state index in [1.54, 1.807) is 6.92 Å². The quantitative estimate of drug-likeness (QED) is 0.849. The average Bonchev–Trinajstić information content (AvgIpc) is 2.87. The zero-order chi connectivity index (χ0) is 15.4. The Kier molecular flexibility index (Phi) is 5.01. The molecule has 0 amide bonds. The van der Waals surface area contributed by atoms with Crippen molar-refractivity contribution in [3.8, 4) is 5.75 Å². The third-order valence-corrected chi connectivity index (χ3v) is 3.86. The van der Waals surface area contributed by atoms with Gasteiger partial charge in [-0.2, -0.15) is 5.10 Å². The van der Waals surface area contributed by atoms with Crippen LogP contribution in [0.3, 0.4) is 0 Å². The maximum atomic E-state index is 11.0. The molecule has 0 bridgehead atoms. The Morgan fingerprint density at radius 3 is 2.81 bits per heavy atom. The lowest BCUT2D eigenvalue weighted by molar-refractivity contribution is -0.114. The van der Waals surface area contributed by atoms with Crippen LogP contribution < -0.4 is 10.5 Å². The van der Waals surface area contributed by atoms with Gasteiger partial charge in [-0.25, -0.2) is 0 Å². The van der Waals surface area contributed by atoms with Crippen LogP contribution in [-0.4, -0.2) is 28.4 Å². The Morgan fingerprint density at radius 1 is 1.43 bits per heavy atom. The van der Waals surface area contributed by atoms with E-state index in [-0.39, 0.29) is 11.9 Å². The normalized spacial score (nSPS) is 14.1. The molecule has 0 saturated carbocycles. The van der Waals surface area contributed by atoms with E-state index in [0.717, 1.165) is 16.3 Å². The number of benzene rings is 1. The van der Waals surface area contributed by atoms with E-state index in [1.807, 2.05) is 32.0 Å². The van der Waals surface area contributed by atoms with Crippen LogP contribution in [0.4, 0.5) is 5.69 Å². The summed E-state index contributed by atoms with van der Waals surface area (Å²) >= 11 is 1.44. The number of hydrogen-bond donors (Lipinski definition) is 1. The first-order valence-electron chi connectivity index (χ1n) is 6.78. The molecular formula is C15H19N3O2S. The highest BCUT2D eigenvalue weighted by Gasteiger charge is 2.16. The van der Waals surface area contributed by atoms with Gasteiger partial charge < -0.3 is 10.5 Å². The number of hydrogen-bond acceptors (Lipinski definition) is 6. The van der Waals surface area contributed by atoms with Crippen molar-refractivity contribution in [1.82, 2.24) is 0 Å². The van der Waals surface area contributed by atoms with Gasteiger partial charge in [0.15, 0.2) is 0 Å². The highest BCUT2D eigenvalue weighted by molar-refractivity contribution is 8.14. The van der Waals surface area contributed by atoms with Crippen LogP contribution in [0.2, 0.25) is 0 Å². The number of nitrogens with zero attached hydrogens (tertiary/aromatic N) is 2. The second-order valence-corrected chi connectivity index (χ2v) is 6.18. The van der Waals surface area contributed by atoms with E-state index in [4.69, 9.17) is 10.5 Å². The molecule has 0 aliphatic carbocycles. The van der Waals surface area contributed by atoms with E-state index >= 15 is 0 Å². The SMILES string of the molecule is CC(=O)CSC1=NN=C(c2ccc(OC(C)C)c(N)c2)C1. The van der Waals surface area contributed by atoms with Crippen LogP contribution >= 0.6 is 11.8 Å². The lowest BCUT2D eigenvalue weighted by Gasteiger charge is -2.13. The van der Waals surface area contributed by atoms with Crippen molar-refractivity contribution in [3.05, 3.63) is 23.8 Å². The van der Waals surface area contributed by atoms with Crippen molar-refractivity contribution in [2.24, 2.45) is 10.2 Å². The van der Waals surface area contributed by atoms with E-state index in [0.29, 0.717) is 23.6 Å². The molecule has 1 aliphatic heterocycles. The van der Waals surface area contributed by atoms with Gasteiger partial charge in [0.1, 0.15) is 16.6 Å². The molecular weight excluding hydrogens is 286 g/mol. The van der Waals surface area contributed by atoms with Crippen LogP contribution in [0, 0.1) is 0 Å². The third kappa shape index (κ3) is 4.32. The number of rotatable bonds is 5. The summed E-state index contributed by atoms with van der Waals surface area (Å²) in [6.45, 7) is 5.49. The number of ketones is 1. The van der Waals surface area contributed by atoms with Gasteiger partial charge >= 0.3 is 0 Å².